The van der Waals surface area contributed by atoms with Crippen LogP contribution in [0.25, 0.3) is 0 Å². The molecule has 1 fully saturated rings. The van der Waals surface area contributed by atoms with Gasteiger partial charge in [0.1, 0.15) is 5.82 Å². The van der Waals surface area contributed by atoms with Gasteiger partial charge in [-0.1, -0.05) is 13.0 Å². The normalized spacial score (nSPS) is 23.7. The van der Waals surface area contributed by atoms with Gasteiger partial charge in [-0.2, -0.15) is 0 Å². The van der Waals surface area contributed by atoms with Crippen molar-refractivity contribution in [2.45, 2.75) is 19.9 Å². The van der Waals surface area contributed by atoms with Crippen molar-refractivity contribution in [2.24, 2.45) is 5.92 Å². The first kappa shape index (κ1) is 12.0. The third-order valence-electron chi connectivity index (χ3n) is 3.28. The lowest BCUT2D eigenvalue weighted by Crippen LogP contribution is -2.39. The number of aryl methyl sites for hydroxylation is 1. The molecule has 0 bridgehead atoms. The Labute approximate surface area is 100 Å². The van der Waals surface area contributed by atoms with Gasteiger partial charge in [-0.15, -0.1) is 0 Å². The van der Waals surface area contributed by atoms with Crippen LogP contribution >= 0.6 is 0 Å². The van der Waals surface area contributed by atoms with Crippen LogP contribution in [0.1, 0.15) is 22.8 Å². The fourth-order valence-corrected chi connectivity index (χ4v) is 2.09. The van der Waals surface area contributed by atoms with Gasteiger partial charge in [0.2, 0.25) is 0 Å². The van der Waals surface area contributed by atoms with E-state index in [1.54, 1.807) is 6.07 Å². The molecule has 1 aromatic rings. The topological polar surface area (TPSA) is 41.1 Å². The molecule has 1 saturated heterocycles. The SMILES string of the molecule is Cc1ccc(F)cc1C(=O)NC1CNCC1C. The van der Waals surface area contributed by atoms with E-state index in [1.807, 2.05) is 6.92 Å². The zero-order valence-corrected chi connectivity index (χ0v) is 10.1. The fourth-order valence-electron chi connectivity index (χ4n) is 2.09. The van der Waals surface area contributed by atoms with E-state index in [4.69, 9.17) is 0 Å². The molecule has 0 aromatic heterocycles. The van der Waals surface area contributed by atoms with Crippen LogP contribution in [0.15, 0.2) is 18.2 Å². The van der Waals surface area contributed by atoms with Crippen LogP contribution in [0.4, 0.5) is 4.39 Å². The van der Waals surface area contributed by atoms with Crippen molar-refractivity contribution in [3.63, 3.8) is 0 Å². The molecule has 0 saturated carbocycles. The number of carbonyl (C=O) groups excluding carboxylic acids is 1. The lowest BCUT2D eigenvalue weighted by molar-refractivity contribution is 0.0932. The summed E-state index contributed by atoms with van der Waals surface area (Å²) in [6.07, 6.45) is 0. The summed E-state index contributed by atoms with van der Waals surface area (Å²) in [5.74, 6) is -0.159. The molecule has 2 unspecified atom stereocenters. The molecule has 2 rings (SSSR count). The lowest BCUT2D eigenvalue weighted by atomic mass is 10.0. The third-order valence-corrected chi connectivity index (χ3v) is 3.28. The van der Waals surface area contributed by atoms with Gasteiger partial charge in [0.25, 0.3) is 5.91 Å². The van der Waals surface area contributed by atoms with Gasteiger partial charge in [-0.3, -0.25) is 4.79 Å². The van der Waals surface area contributed by atoms with Crippen molar-refractivity contribution in [3.8, 4) is 0 Å². The summed E-state index contributed by atoms with van der Waals surface area (Å²) >= 11 is 0. The van der Waals surface area contributed by atoms with Gasteiger partial charge in [0, 0.05) is 18.2 Å². The molecule has 0 spiro atoms. The Kier molecular flexibility index (Phi) is 3.43. The maximum atomic E-state index is 13.1. The highest BCUT2D eigenvalue weighted by atomic mass is 19.1. The minimum Gasteiger partial charge on any atom is -0.348 e. The number of hydrogen-bond acceptors (Lipinski definition) is 2. The second-order valence-corrected chi connectivity index (χ2v) is 4.67. The maximum absolute atomic E-state index is 13.1. The summed E-state index contributed by atoms with van der Waals surface area (Å²) in [6.45, 7) is 5.59. The van der Waals surface area contributed by atoms with Gasteiger partial charge in [-0.25, -0.2) is 4.39 Å². The van der Waals surface area contributed by atoms with Crippen molar-refractivity contribution in [1.82, 2.24) is 10.6 Å². The monoisotopic (exact) mass is 236 g/mol. The first-order valence-corrected chi connectivity index (χ1v) is 5.85. The Hall–Kier alpha value is -1.42. The molecular formula is C13H17FN2O. The number of amides is 1. The number of halogens is 1. The molecule has 92 valence electrons. The Morgan fingerprint density at radius 3 is 2.88 bits per heavy atom. The molecule has 1 aliphatic rings. The first-order valence-electron chi connectivity index (χ1n) is 5.85. The highest BCUT2D eigenvalue weighted by Crippen LogP contribution is 2.13. The molecule has 2 atom stereocenters. The summed E-state index contributed by atoms with van der Waals surface area (Å²) in [4.78, 5) is 12.0. The van der Waals surface area contributed by atoms with E-state index in [-0.39, 0.29) is 17.8 Å². The second kappa shape index (κ2) is 4.84. The van der Waals surface area contributed by atoms with Crippen LogP contribution in [0.2, 0.25) is 0 Å². The van der Waals surface area contributed by atoms with Gasteiger partial charge in [0.05, 0.1) is 0 Å². The minimum absolute atomic E-state index is 0.130. The Morgan fingerprint density at radius 1 is 1.47 bits per heavy atom. The van der Waals surface area contributed by atoms with E-state index in [9.17, 15) is 9.18 Å². The molecule has 3 nitrogen and oxygen atoms in total. The zero-order chi connectivity index (χ0) is 12.4. The highest BCUT2D eigenvalue weighted by molar-refractivity contribution is 5.95. The van der Waals surface area contributed by atoms with Gasteiger partial charge < -0.3 is 10.6 Å². The van der Waals surface area contributed by atoms with Gasteiger partial charge in [-0.05, 0) is 37.1 Å². The quantitative estimate of drug-likeness (QED) is 0.816. The standard InChI is InChI=1S/C13H17FN2O/c1-8-3-4-10(14)5-11(8)13(17)16-12-7-15-6-9(12)2/h3-5,9,12,15H,6-7H2,1-2H3,(H,16,17). The van der Waals surface area contributed by atoms with E-state index in [0.29, 0.717) is 11.5 Å². The molecule has 2 N–H and O–H groups in total. The summed E-state index contributed by atoms with van der Waals surface area (Å²) in [6, 6.07) is 4.41. The smallest absolute Gasteiger partial charge is 0.251 e. The largest absolute Gasteiger partial charge is 0.348 e. The number of nitrogens with one attached hydrogen (secondary N) is 2. The Morgan fingerprint density at radius 2 is 2.24 bits per heavy atom. The number of carbonyl (C=O) groups is 1. The van der Waals surface area contributed by atoms with Crippen LogP contribution in [0.3, 0.4) is 0 Å². The highest BCUT2D eigenvalue weighted by Gasteiger charge is 2.25. The first-order chi connectivity index (χ1) is 8.08. The Balaban J connectivity index is 2.11. The molecule has 0 aliphatic carbocycles. The van der Waals surface area contributed by atoms with Crippen molar-refractivity contribution < 1.29 is 9.18 Å². The molecule has 1 amide bonds. The number of benzene rings is 1. The summed E-state index contributed by atoms with van der Waals surface area (Å²) in [5.41, 5.74) is 1.21. The molecule has 1 aliphatic heterocycles. The molecule has 17 heavy (non-hydrogen) atoms. The van der Waals surface area contributed by atoms with E-state index in [2.05, 4.69) is 17.6 Å². The van der Waals surface area contributed by atoms with Crippen LogP contribution < -0.4 is 10.6 Å². The minimum atomic E-state index is -0.377. The maximum Gasteiger partial charge on any atom is 0.251 e. The predicted octanol–water partition coefficient (Wildman–Crippen LogP) is 1.47. The third kappa shape index (κ3) is 2.64. The van der Waals surface area contributed by atoms with E-state index in [1.165, 1.54) is 12.1 Å². The Bertz CT molecular complexity index is 433. The summed E-state index contributed by atoms with van der Waals surface area (Å²) in [5, 5.41) is 6.16. The molecule has 1 aromatic carbocycles. The van der Waals surface area contributed by atoms with Crippen molar-refractivity contribution in [1.29, 1.82) is 0 Å². The van der Waals surface area contributed by atoms with Crippen LogP contribution in [0, 0.1) is 18.7 Å². The van der Waals surface area contributed by atoms with E-state index < -0.39 is 0 Å². The molecular weight excluding hydrogens is 219 g/mol. The van der Waals surface area contributed by atoms with Gasteiger partial charge in [0.15, 0.2) is 0 Å². The molecule has 0 radical (unpaired) electrons. The number of rotatable bonds is 2. The summed E-state index contributed by atoms with van der Waals surface area (Å²) < 4.78 is 13.1. The number of hydrogen-bond donors (Lipinski definition) is 2. The molecule has 1 heterocycles. The van der Waals surface area contributed by atoms with E-state index >= 15 is 0 Å². The van der Waals surface area contributed by atoms with Crippen molar-refractivity contribution >= 4 is 5.91 Å². The van der Waals surface area contributed by atoms with Crippen molar-refractivity contribution in [3.05, 3.63) is 35.1 Å². The van der Waals surface area contributed by atoms with Gasteiger partial charge >= 0.3 is 0 Å². The van der Waals surface area contributed by atoms with E-state index in [0.717, 1.165) is 18.7 Å². The van der Waals surface area contributed by atoms with Crippen LogP contribution in [-0.4, -0.2) is 25.0 Å². The van der Waals surface area contributed by atoms with Crippen LogP contribution in [0.5, 0.6) is 0 Å². The second-order valence-electron chi connectivity index (χ2n) is 4.67. The van der Waals surface area contributed by atoms with Crippen molar-refractivity contribution in [2.75, 3.05) is 13.1 Å². The zero-order valence-electron chi connectivity index (χ0n) is 10.1. The fraction of sp³-hybridized carbons (Fsp3) is 0.462. The average Bonchev–Trinajstić information content (AvgIpc) is 2.68. The van der Waals surface area contributed by atoms with Crippen LogP contribution in [-0.2, 0) is 0 Å². The molecule has 4 heteroatoms. The lowest BCUT2D eigenvalue weighted by Gasteiger charge is -2.17. The average molecular weight is 236 g/mol. The predicted molar refractivity (Wildman–Crippen MR) is 64.4 cm³/mol. The summed E-state index contributed by atoms with van der Waals surface area (Å²) in [7, 11) is 0.